The van der Waals surface area contributed by atoms with Gasteiger partial charge < -0.3 is 15.0 Å². The number of hydrogen-bond donors (Lipinski definition) is 2. The lowest BCUT2D eigenvalue weighted by Gasteiger charge is -2.46. The molecule has 2 heterocycles. The quantitative estimate of drug-likeness (QED) is 0.729. The third kappa shape index (κ3) is 4.24. The number of alkyl halides is 3. The molecule has 2 N–H and O–H groups in total. The van der Waals surface area contributed by atoms with Gasteiger partial charge in [-0.25, -0.2) is 0 Å². The lowest BCUT2D eigenvalue weighted by molar-refractivity contribution is -0.274. The fourth-order valence-corrected chi connectivity index (χ4v) is 4.45. The van der Waals surface area contributed by atoms with Crippen molar-refractivity contribution < 1.29 is 27.5 Å². The van der Waals surface area contributed by atoms with Gasteiger partial charge in [0.2, 0.25) is 11.8 Å². The molecule has 0 spiro atoms. The molecular weight excluding hydrogens is 437 g/mol. The maximum absolute atomic E-state index is 13.3. The Kier molecular flexibility index (Phi) is 5.55. The van der Waals surface area contributed by atoms with E-state index >= 15 is 0 Å². The number of likely N-dealkylation sites (N-methyl/N-ethyl adjacent to an activating group) is 1. The Balaban J connectivity index is 1.74. The van der Waals surface area contributed by atoms with Crippen LogP contribution in [0.3, 0.4) is 0 Å². The molecule has 2 aliphatic heterocycles. The Hall–Kier alpha value is -3.56. The predicted octanol–water partition coefficient (Wildman–Crippen LogP) is 3.71. The number of benzene rings is 2. The summed E-state index contributed by atoms with van der Waals surface area (Å²) in [5.41, 5.74) is 0.461. The van der Waals surface area contributed by atoms with Crippen molar-refractivity contribution in [1.29, 1.82) is 5.41 Å². The second-order valence-corrected chi connectivity index (χ2v) is 8.32. The van der Waals surface area contributed by atoms with Crippen molar-refractivity contribution in [1.82, 2.24) is 10.2 Å². The van der Waals surface area contributed by atoms with E-state index in [1.165, 1.54) is 30.1 Å². The van der Waals surface area contributed by atoms with Crippen molar-refractivity contribution >= 4 is 23.5 Å². The third-order valence-corrected chi connectivity index (χ3v) is 6.15. The van der Waals surface area contributed by atoms with E-state index in [4.69, 9.17) is 5.41 Å². The van der Waals surface area contributed by atoms with E-state index < -0.39 is 23.6 Å². The Morgan fingerprint density at radius 3 is 2.45 bits per heavy atom. The van der Waals surface area contributed by atoms with Crippen molar-refractivity contribution in [2.45, 2.75) is 37.6 Å². The topological polar surface area (TPSA) is 85.7 Å². The van der Waals surface area contributed by atoms with Crippen LogP contribution < -0.4 is 15.0 Å². The van der Waals surface area contributed by atoms with Gasteiger partial charge in [-0.1, -0.05) is 24.3 Å². The molecule has 174 valence electrons. The number of carbonyl (C=O) groups is 2. The van der Waals surface area contributed by atoms with Crippen LogP contribution in [0.2, 0.25) is 0 Å². The lowest BCUT2D eigenvalue weighted by atomic mass is 9.73. The van der Waals surface area contributed by atoms with Gasteiger partial charge >= 0.3 is 6.36 Å². The molecule has 0 aromatic heterocycles. The van der Waals surface area contributed by atoms with Gasteiger partial charge in [-0.2, -0.15) is 0 Å². The number of nitrogens with one attached hydrogen (secondary N) is 2. The largest absolute Gasteiger partial charge is 0.573 e. The summed E-state index contributed by atoms with van der Waals surface area (Å²) in [6.45, 7) is 2.30. The summed E-state index contributed by atoms with van der Waals surface area (Å²) in [4.78, 5) is 28.2. The molecule has 0 bridgehead atoms. The Labute approximate surface area is 188 Å². The minimum Gasteiger partial charge on any atom is -0.406 e. The molecule has 0 aliphatic carbocycles. The van der Waals surface area contributed by atoms with Crippen molar-refractivity contribution in [3.05, 3.63) is 59.7 Å². The summed E-state index contributed by atoms with van der Waals surface area (Å²) in [7, 11) is 1.46. The van der Waals surface area contributed by atoms with Gasteiger partial charge in [0, 0.05) is 25.7 Å². The van der Waals surface area contributed by atoms with Gasteiger partial charge in [0.25, 0.3) is 0 Å². The van der Waals surface area contributed by atoms with Crippen LogP contribution in [0.1, 0.15) is 36.8 Å². The Bertz CT molecular complexity index is 1100. The van der Waals surface area contributed by atoms with E-state index in [9.17, 15) is 22.8 Å². The highest BCUT2D eigenvalue weighted by Crippen LogP contribution is 2.42. The molecule has 4 rings (SSSR count). The van der Waals surface area contributed by atoms with Gasteiger partial charge in [-0.15, -0.1) is 13.2 Å². The van der Waals surface area contributed by atoms with Gasteiger partial charge in [-0.05, 0) is 48.7 Å². The number of ether oxygens (including phenoxy) is 1. The fraction of sp³-hybridized carbons (Fsp3) is 0.348. The van der Waals surface area contributed by atoms with Crippen LogP contribution in [0, 0.1) is 5.41 Å². The third-order valence-electron chi connectivity index (χ3n) is 6.15. The lowest BCUT2D eigenvalue weighted by Crippen LogP contribution is -2.62. The number of halogens is 3. The van der Waals surface area contributed by atoms with Crippen LogP contribution >= 0.6 is 0 Å². The van der Waals surface area contributed by atoms with Gasteiger partial charge in [-0.3, -0.25) is 19.9 Å². The average molecular weight is 460 g/mol. The minimum atomic E-state index is -4.86. The molecule has 2 atom stereocenters. The maximum atomic E-state index is 13.3. The summed E-state index contributed by atoms with van der Waals surface area (Å²) < 4.78 is 42.3. The zero-order valence-corrected chi connectivity index (χ0v) is 18.1. The zero-order chi connectivity index (χ0) is 24.0. The molecule has 2 aliphatic rings. The van der Waals surface area contributed by atoms with E-state index in [0.29, 0.717) is 24.1 Å². The first kappa shape index (κ1) is 22.6. The van der Waals surface area contributed by atoms with Gasteiger partial charge in [0.1, 0.15) is 5.75 Å². The molecule has 0 radical (unpaired) electrons. The predicted molar refractivity (Wildman–Crippen MR) is 115 cm³/mol. The number of guanidine groups is 1. The molecule has 2 aromatic rings. The second-order valence-electron chi connectivity index (χ2n) is 8.32. The van der Waals surface area contributed by atoms with E-state index in [0.717, 1.165) is 12.1 Å². The van der Waals surface area contributed by atoms with Crippen molar-refractivity contribution in [3.63, 3.8) is 0 Å². The number of anilines is 1. The molecule has 2 fully saturated rings. The smallest absolute Gasteiger partial charge is 0.406 e. The normalized spacial score (nSPS) is 23.7. The molecule has 0 unspecified atom stereocenters. The summed E-state index contributed by atoms with van der Waals surface area (Å²) in [5, 5.41) is 11.2. The van der Waals surface area contributed by atoms with Crippen LogP contribution in [0.25, 0.3) is 0 Å². The highest BCUT2D eigenvalue weighted by Gasteiger charge is 2.48. The van der Waals surface area contributed by atoms with Crippen LogP contribution in [0.5, 0.6) is 5.75 Å². The van der Waals surface area contributed by atoms with E-state index in [1.807, 2.05) is 0 Å². The van der Waals surface area contributed by atoms with Crippen LogP contribution in [-0.2, 0) is 15.1 Å². The van der Waals surface area contributed by atoms with Crippen molar-refractivity contribution in [2.75, 3.05) is 18.5 Å². The number of amides is 2. The summed E-state index contributed by atoms with van der Waals surface area (Å²) in [5.74, 6) is -1.77. The molecule has 10 heteroatoms. The Morgan fingerprint density at radius 2 is 1.85 bits per heavy atom. The standard InChI is InChI=1S/C23H23F3N4O3/c1-22(15-5-3-6-17(13-15)33-23(24,25)26)19(20(32)29(2)21(27)28-22)14-8-10-16(11-9-14)30-12-4-7-18(30)31/h3,5-6,8-11,13,19H,4,7,12H2,1-2H3,(H2,27,28)/t19-,22+/m0/s1. The number of hydrogen-bond acceptors (Lipinski definition) is 4. The highest BCUT2D eigenvalue weighted by atomic mass is 19.4. The van der Waals surface area contributed by atoms with Crippen LogP contribution in [-0.4, -0.2) is 42.6 Å². The van der Waals surface area contributed by atoms with E-state index in [1.54, 1.807) is 42.2 Å². The molecule has 2 saturated heterocycles. The molecule has 2 aromatic carbocycles. The molecule has 0 saturated carbocycles. The fourth-order valence-electron chi connectivity index (χ4n) is 4.45. The molecule has 33 heavy (non-hydrogen) atoms. The SMILES string of the molecule is CN1C(=N)N[C@](C)(c2cccc(OC(F)(F)F)c2)[C@@H](c2ccc(N3CCCC3=O)cc2)C1=O. The molecular formula is C23H23F3N4O3. The first-order valence-corrected chi connectivity index (χ1v) is 10.4. The number of nitrogens with zero attached hydrogens (tertiary/aromatic N) is 2. The number of carbonyl (C=O) groups excluding carboxylic acids is 2. The second kappa shape index (κ2) is 8.09. The van der Waals surface area contributed by atoms with E-state index in [2.05, 4.69) is 10.1 Å². The minimum absolute atomic E-state index is 0.0395. The average Bonchev–Trinajstić information content (AvgIpc) is 3.17. The summed E-state index contributed by atoms with van der Waals surface area (Å²) in [6, 6.07) is 12.4. The maximum Gasteiger partial charge on any atom is 0.573 e. The van der Waals surface area contributed by atoms with Gasteiger partial charge in [0.15, 0.2) is 5.96 Å². The zero-order valence-electron chi connectivity index (χ0n) is 18.1. The number of rotatable bonds is 4. The highest BCUT2D eigenvalue weighted by molar-refractivity contribution is 6.03. The molecule has 2 amide bonds. The summed E-state index contributed by atoms with van der Waals surface area (Å²) in [6.07, 6.45) is -3.58. The Morgan fingerprint density at radius 1 is 1.15 bits per heavy atom. The monoisotopic (exact) mass is 460 g/mol. The van der Waals surface area contributed by atoms with Crippen LogP contribution in [0.4, 0.5) is 18.9 Å². The summed E-state index contributed by atoms with van der Waals surface area (Å²) >= 11 is 0. The van der Waals surface area contributed by atoms with Crippen LogP contribution in [0.15, 0.2) is 48.5 Å². The first-order valence-electron chi connectivity index (χ1n) is 10.4. The van der Waals surface area contributed by atoms with Crippen molar-refractivity contribution in [3.8, 4) is 5.75 Å². The first-order chi connectivity index (χ1) is 15.5. The van der Waals surface area contributed by atoms with Crippen molar-refractivity contribution in [2.24, 2.45) is 0 Å². The molecule has 7 nitrogen and oxygen atoms in total. The van der Waals surface area contributed by atoms with Gasteiger partial charge in [0.05, 0.1) is 11.5 Å². The van der Waals surface area contributed by atoms with E-state index in [-0.39, 0.29) is 17.8 Å².